The average Bonchev–Trinajstić information content (AvgIpc) is 1.88. The van der Waals surface area contributed by atoms with Crippen LogP contribution in [-0.2, 0) is 0 Å². The highest BCUT2D eigenvalue weighted by atomic mass is 16.4. The van der Waals surface area contributed by atoms with E-state index in [-0.39, 0.29) is 0 Å². The predicted molar refractivity (Wildman–Crippen MR) is 37.9 cm³/mol. The summed E-state index contributed by atoms with van der Waals surface area (Å²) in [5.74, 6) is 0.296. The van der Waals surface area contributed by atoms with E-state index in [4.69, 9.17) is 15.8 Å². The van der Waals surface area contributed by atoms with Crippen molar-refractivity contribution in [1.29, 1.82) is 0 Å². The van der Waals surface area contributed by atoms with Crippen molar-refractivity contribution in [1.82, 2.24) is 5.32 Å². The second-order valence-electron chi connectivity index (χ2n) is 1.95. The van der Waals surface area contributed by atoms with Crippen LogP contribution in [0.5, 0.6) is 0 Å². The molecule has 0 saturated heterocycles. The van der Waals surface area contributed by atoms with E-state index >= 15 is 0 Å². The quantitative estimate of drug-likeness (QED) is 0.312. The molecule has 0 saturated carbocycles. The number of hydrogen-bond donors (Lipinski definition) is 4. The van der Waals surface area contributed by atoms with Gasteiger partial charge in [0.05, 0.1) is 0 Å². The molecule has 0 atom stereocenters. The summed E-state index contributed by atoms with van der Waals surface area (Å²) in [5.41, 5.74) is 5.64. The molecule has 5 nitrogen and oxygen atoms in total. The van der Waals surface area contributed by atoms with E-state index < -0.39 is 7.12 Å². The number of rotatable bonds is 1. The zero-order valence-electron chi connectivity index (χ0n) is 5.28. The summed E-state index contributed by atoms with van der Waals surface area (Å²) in [5, 5.41) is 19.9. The molecule has 0 aromatic heterocycles. The minimum Gasteiger partial charge on any atom is -0.423 e. The zero-order chi connectivity index (χ0) is 7.56. The lowest BCUT2D eigenvalue weighted by molar-refractivity contribution is 0.417. The number of guanidine groups is 1. The van der Waals surface area contributed by atoms with Gasteiger partial charge in [-0.3, -0.25) is 0 Å². The molecule has 0 aliphatic carbocycles. The number of nitrogens with two attached hydrogens (primary N) is 1. The first-order chi connectivity index (χ1) is 4.70. The Hall–Kier alpha value is -1.01. The van der Waals surface area contributed by atoms with Crippen LogP contribution < -0.4 is 11.1 Å². The van der Waals surface area contributed by atoms with Gasteiger partial charge in [0, 0.05) is 12.7 Å². The minimum atomic E-state index is -1.44. The van der Waals surface area contributed by atoms with Crippen molar-refractivity contribution in [2.75, 3.05) is 6.54 Å². The summed E-state index contributed by atoms with van der Waals surface area (Å²) < 4.78 is 0. The third-order valence-electron chi connectivity index (χ3n) is 1.17. The van der Waals surface area contributed by atoms with Gasteiger partial charge in [-0.2, -0.15) is 0 Å². The van der Waals surface area contributed by atoms with Gasteiger partial charge in [0.1, 0.15) is 0 Å². The fourth-order valence-electron chi connectivity index (χ4n) is 0.594. The van der Waals surface area contributed by atoms with Crippen LogP contribution in [0.15, 0.2) is 16.7 Å². The lowest BCUT2D eigenvalue weighted by Crippen LogP contribution is -2.38. The maximum Gasteiger partial charge on any atom is 0.487 e. The normalized spacial score (nSPS) is 17.0. The Balaban J connectivity index is 2.64. The molecule has 0 fully saturated rings. The van der Waals surface area contributed by atoms with E-state index in [9.17, 15) is 0 Å². The molecule has 0 bridgehead atoms. The van der Waals surface area contributed by atoms with Crippen LogP contribution >= 0.6 is 0 Å². The third kappa shape index (κ3) is 1.49. The molecule has 6 heteroatoms. The molecule has 0 radical (unpaired) electrons. The fourth-order valence-corrected chi connectivity index (χ4v) is 0.594. The van der Waals surface area contributed by atoms with Crippen molar-refractivity contribution < 1.29 is 10.0 Å². The molecule has 0 aromatic rings. The van der Waals surface area contributed by atoms with Gasteiger partial charge < -0.3 is 21.1 Å². The van der Waals surface area contributed by atoms with Gasteiger partial charge in [-0.1, -0.05) is 0 Å². The Labute approximate surface area is 58.4 Å². The molecule has 0 spiro atoms. The van der Waals surface area contributed by atoms with Gasteiger partial charge in [0.15, 0.2) is 5.96 Å². The molecule has 54 valence electrons. The highest BCUT2D eigenvalue weighted by molar-refractivity contribution is 6.51. The van der Waals surface area contributed by atoms with Crippen LogP contribution in [0.3, 0.4) is 0 Å². The van der Waals surface area contributed by atoms with Crippen molar-refractivity contribution in [2.45, 2.75) is 0 Å². The molecule has 1 aliphatic rings. The minimum absolute atomic E-state index is 0.296. The molecule has 1 heterocycles. The maximum absolute atomic E-state index is 8.60. The van der Waals surface area contributed by atoms with E-state index in [2.05, 4.69) is 10.3 Å². The van der Waals surface area contributed by atoms with Crippen molar-refractivity contribution in [3.63, 3.8) is 0 Å². The highest BCUT2D eigenvalue weighted by Gasteiger charge is 2.16. The molecule has 5 N–H and O–H groups in total. The van der Waals surface area contributed by atoms with Crippen LogP contribution in [0.4, 0.5) is 0 Å². The summed E-state index contributed by atoms with van der Waals surface area (Å²) in [6, 6.07) is 0. The Kier molecular flexibility index (Phi) is 1.93. The summed E-state index contributed by atoms with van der Waals surface area (Å²) in [6.45, 7) is 0.340. The second-order valence-corrected chi connectivity index (χ2v) is 1.95. The van der Waals surface area contributed by atoms with Crippen molar-refractivity contribution in [2.24, 2.45) is 10.7 Å². The van der Waals surface area contributed by atoms with Gasteiger partial charge in [0.25, 0.3) is 0 Å². The first-order valence-electron chi connectivity index (χ1n) is 2.82. The monoisotopic (exact) mass is 141 g/mol. The van der Waals surface area contributed by atoms with Gasteiger partial charge in [-0.25, -0.2) is 4.99 Å². The van der Waals surface area contributed by atoms with Crippen molar-refractivity contribution in [3.05, 3.63) is 11.7 Å². The van der Waals surface area contributed by atoms with Gasteiger partial charge in [0.2, 0.25) is 0 Å². The zero-order valence-corrected chi connectivity index (χ0v) is 5.28. The Morgan fingerprint density at radius 3 is 2.80 bits per heavy atom. The van der Waals surface area contributed by atoms with Crippen LogP contribution in [0.25, 0.3) is 0 Å². The summed E-state index contributed by atoms with van der Waals surface area (Å²) in [4.78, 5) is 3.63. The molecule has 1 rings (SSSR count). The topological polar surface area (TPSA) is 90.9 Å². The van der Waals surface area contributed by atoms with Gasteiger partial charge in [-0.15, -0.1) is 0 Å². The first-order valence-corrected chi connectivity index (χ1v) is 2.82. The predicted octanol–water partition coefficient (Wildman–Crippen LogP) is -2.20. The van der Waals surface area contributed by atoms with Crippen LogP contribution in [0.1, 0.15) is 0 Å². The summed E-state index contributed by atoms with van der Waals surface area (Å²) in [6.07, 6.45) is 1.34. The van der Waals surface area contributed by atoms with Crippen molar-refractivity contribution >= 4 is 13.1 Å². The molecule has 10 heavy (non-hydrogen) atoms. The highest BCUT2D eigenvalue weighted by Crippen LogP contribution is 1.97. The summed E-state index contributed by atoms with van der Waals surface area (Å²) in [7, 11) is -1.44. The number of nitrogens with one attached hydrogen (secondary N) is 1. The Morgan fingerprint density at radius 1 is 1.70 bits per heavy atom. The maximum atomic E-state index is 8.60. The number of hydrogen-bond acceptors (Lipinski definition) is 5. The Bertz CT molecular complexity index is 189. The fraction of sp³-hybridized carbons (Fsp3) is 0.250. The number of nitrogens with zero attached hydrogens (tertiary/aromatic N) is 1. The van der Waals surface area contributed by atoms with Gasteiger partial charge >= 0.3 is 7.12 Å². The van der Waals surface area contributed by atoms with Crippen molar-refractivity contribution in [3.8, 4) is 0 Å². The third-order valence-corrected chi connectivity index (χ3v) is 1.17. The first kappa shape index (κ1) is 7.11. The largest absolute Gasteiger partial charge is 0.487 e. The molecule has 0 amide bonds. The molecular weight excluding hydrogens is 133 g/mol. The molecule has 0 aromatic carbocycles. The second kappa shape index (κ2) is 2.72. The smallest absolute Gasteiger partial charge is 0.423 e. The van der Waals surface area contributed by atoms with E-state index in [1.807, 2.05) is 0 Å². The van der Waals surface area contributed by atoms with E-state index in [1.165, 1.54) is 6.20 Å². The molecular formula is C4H8BN3O2. The van der Waals surface area contributed by atoms with E-state index in [0.29, 0.717) is 18.0 Å². The van der Waals surface area contributed by atoms with Crippen LogP contribution in [0, 0.1) is 0 Å². The lowest BCUT2D eigenvalue weighted by atomic mass is 9.80. The SMILES string of the molecule is NC1=NC=C(B(O)O)CN1. The Morgan fingerprint density at radius 2 is 2.40 bits per heavy atom. The standard InChI is InChI=1S/C4H8BN3O2/c6-4-7-1-3(2-8-4)5(9)10/h1,9-10H,2H2,(H3,6,7,8). The lowest BCUT2D eigenvalue weighted by Gasteiger charge is -2.11. The van der Waals surface area contributed by atoms with E-state index in [0.717, 1.165) is 0 Å². The average molecular weight is 141 g/mol. The van der Waals surface area contributed by atoms with Crippen LogP contribution in [0.2, 0.25) is 0 Å². The van der Waals surface area contributed by atoms with Gasteiger partial charge in [-0.05, 0) is 5.47 Å². The molecule has 1 aliphatic heterocycles. The summed E-state index contributed by atoms with van der Waals surface area (Å²) >= 11 is 0. The number of aliphatic imine (C=N–C) groups is 1. The molecule has 0 unspecified atom stereocenters. The van der Waals surface area contributed by atoms with E-state index in [1.54, 1.807) is 0 Å². The van der Waals surface area contributed by atoms with Crippen LogP contribution in [-0.4, -0.2) is 29.7 Å².